The van der Waals surface area contributed by atoms with E-state index in [1.54, 1.807) is 24.3 Å². The second-order valence-corrected chi connectivity index (χ2v) is 7.45. The zero-order valence-corrected chi connectivity index (χ0v) is 17.9. The zero-order chi connectivity index (χ0) is 21.5. The maximum Gasteiger partial charge on any atom is 0.410 e. The van der Waals surface area contributed by atoms with E-state index >= 15 is 0 Å². The van der Waals surface area contributed by atoms with E-state index in [2.05, 4.69) is 31.2 Å². The van der Waals surface area contributed by atoms with Crippen LogP contribution >= 0.6 is 15.9 Å². The number of anilines is 1. The zero-order valence-electron chi connectivity index (χ0n) is 16.4. The van der Waals surface area contributed by atoms with Crippen LogP contribution in [0.3, 0.4) is 0 Å². The van der Waals surface area contributed by atoms with Crippen molar-refractivity contribution < 1.29 is 19.1 Å². The maximum atomic E-state index is 12.2. The number of nitrogens with two attached hydrogens (primary N) is 1. The number of hydrogen-bond acceptors (Lipinski definition) is 6. The number of carbonyl (C=O) groups excluding carboxylic acids is 2. The molecule has 0 aliphatic carbocycles. The Morgan fingerprint density at radius 2 is 1.93 bits per heavy atom. The fraction of sp³-hybridized carbons (Fsp3) is 0.238. The number of aryl methyl sites for hydroxylation is 1. The summed E-state index contributed by atoms with van der Waals surface area (Å²) in [6.45, 7) is 2.37. The van der Waals surface area contributed by atoms with Crippen molar-refractivity contribution in [2.24, 2.45) is 5.73 Å². The van der Waals surface area contributed by atoms with E-state index in [1.165, 1.54) is 6.33 Å². The number of unbranched alkanes of at least 4 members (excludes halogenated alkanes) is 1. The second kappa shape index (κ2) is 10.0. The number of halogens is 1. The average molecular weight is 473 g/mol. The highest BCUT2D eigenvalue weighted by atomic mass is 79.9. The molecule has 0 fully saturated rings. The summed E-state index contributed by atoms with van der Waals surface area (Å²) in [6, 6.07) is 10.4. The molecule has 3 aromatic rings. The Morgan fingerprint density at radius 3 is 2.73 bits per heavy atom. The quantitative estimate of drug-likeness (QED) is 0.470. The Morgan fingerprint density at radius 1 is 1.13 bits per heavy atom. The third-order valence-corrected chi connectivity index (χ3v) is 4.75. The number of nitrogens with one attached hydrogen (secondary N) is 1. The van der Waals surface area contributed by atoms with Gasteiger partial charge in [0.1, 0.15) is 17.6 Å². The van der Waals surface area contributed by atoms with Gasteiger partial charge in [0.15, 0.2) is 5.75 Å². The molecule has 3 rings (SSSR count). The first kappa shape index (κ1) is 21.5. The van der Waals surface area contributed by atoms with Gasteiger partial charge in [-0.15, -0.1) is 0 Å². The van der Waals surface area contributed by atoms with Crippen molar-refractivity contribution in [3.05, 3.63) is 52.9 Å². The van der Waals surface area contributed by atoms with Crippen LogP contribution in [0, 0.1) is 6.92 Å². The molecule has 9 heteroatoms. The van der Waals surface area contributed by atoms with E-state index in [-0.39, 0.29) is 11.7 Å². The largest absolute Gasteiger partial charge is 0.491 e. The molecule has 0 saturated carbocycles. The van der Waals surface area contributed by atoms with Gasteiger partial charge < -0.3 is 20.5 Å². The number of amides is 2. The number of fused-ring (bicyclic) bond motifs is 1. The van der Waals surface area contributed by atoms with Crippen LogP contribution in [-0.2, 0) is 4.79 Å². The van der Waals surface area contributed by atoms with Crippen molar-refractivity contribution in [2.45, 2.75) is 26.2 Å². The van der Waals surface area contributed by atoms with Crippen molar-refractivity contribution in [1.82, 2.24) is 9.97 Å². The van der Waals surface area contributed by atoms with Crippen LogP contribution in [0.4, 0.5) is 10.5 Å². The number of nitrogens with zero attached hydrogens (tertiary/aromatic N) is 2. The van der Waals surface area contributed by atoms with Crippen molar-refractivity contribution in [3.63, 3.8) is 0 Å². The highest BCUT2D eigenvalue weighted by Crippen LogP contribution is 2.30. The maximum absolute atomic E-state index is 12.2. The summed E-state index contributed by atoms with van der Waals surface area (Å²) in [5, 5.41) is 3.66. The number of primary amides is 1. The third kappa shape index (κ3) is 5.66. The number of rotatable bonds is 8. The summed E-state index contributed by atoms with van der Waals surface area (Å²) in [5.41, 5.74) is 7.07. The van der Waals surface area contributed by atoms with Crippen LogP contribution in [0.15, 0.2) is 47.2 Å². The molecule has 3 N–H and O–H groups in total. The normalized spacial score (nSPS) is 10.6. The molecule has 1 heterocycles. The number of aromatic nitrogens is 2. The topological polar surface area (TPSA) is 116 Å². The van der Waals surface area contributed by atoms with Gasteiger partial charge in [0.25, 0.3) is 0 Å². The molecule has 2 aromatic carbocycles. The summed E-state index contributed by atoms with van der Waals surface area (Å²) < 4.78 is 11.7. The number of para-hydroxylation sites is 2. The number of ether oxygens (including phenoxy) is 2. The first-order chi connectivity index (χ1) is 14.4. The molecule has 2 amide bonds. The Kier molecular flexibility index (Phi) is 7.18. The highest BCUT2D eigenvalue weighted by Gasteiger charge is 2.11. The third-order valence-electron chi connectivity index (χ3n) is 4.30. The molecular weight excluding hydrogens is 452 g/mol. The predicted octanol–water partition coefficient (Wildman–Crippen LogP) is 4.35. The van der Waals surface area contributed by atoms with Gasteiger partial charge in [-0.1, -0.05) is 28.1 Å². The smallest absolute Gasteiger partial charge is 0.410 e. The Bertz CT molecular complexity index is 1070. The van der Waals surface area contributed by atoms with Gasteiger partial charge in [-0.2, -0.15) is 0 Å². The molecule has 0 aliphatic rings. The highest BCUT2D eigenvalue weighted by molar-refractivity contribution is 9.10. The minimum Gasteiger partial charge on any atom is -0.491 e. The second-order valence-electron chi connectivity index (χ2n) is 6.53. The molecule has 0 radical (unpaired) electrons. The fourth-order valence-electron chi connectivity index (χ4n) is 2.89. The fourth-order valence-corrected chi connectivity index (χ4v) is 3.32. The van der Waals surface area contributed by atoms with Crippen molar-refractivity contribution in [1.29, 1.82) is 0 Å². The number of benzene rings is 2. The minimum absolute atomic E-state index is 0.188. The lowest BCUT2D eigenvalue weighted by Gasteiger charge is -2.11. The van der Waals surface area contributed by atoms with Crippen LogP contribution in [0.1, 0.15) is 25.0 Å². The van der Waals surface area contributed by atoms with Gasteiger partial charge >= 0.3 is 6.09 Å². The Balaban J connectivity index is 1.49. The minimum atomic E-state index is -0.936. The van der Waals surface area contributed by atoms with Crippen LogP contribution in [0.2, 0.25) is 0 Å². The van der Waals surface area contributed by atoms with Crippen molar-refractivity contribution >= 4 is 44.5 Å². The van der Waals surface area contributed by atoms with Crippen LogP contribution in [-0.4, -0.2) is 28.6 Å². The number of carbonyl (C=O) groups is 2. The summed E-state index contributed by atoms with van der Waals surface area (Å²) in [5.74, 6) is 0.694. The van der Waals surface area contributed by atoms with E-state index in [0.29, 0.717) is 37.3 Å². The molecule has 1 aromatic heterocycles. The molecule has 0 bridgehead atoms. The molecule has 156 valence electrons. The van der Waals surface area contributed by atoms with Crippen molar-refractivity contribution in [2.75, 3.05) is 11.9 Å². The first-order valence-corrected chi connectivity index (χ1v) is 10.1. The van der Waals surface area contributed by atoms with Gasteiger partial charge in [0, 0.05) is 22.0 Å². The van der Waals surface area contributed by atoms with E-state index in [1.807, 2.05) is 19.1 Å². The number of hydrogen-bond donors (Lipinski definition) is 2. The standard InChI is InChI=1S/C21H21BrN4O4/c1-13-15-10-14(22)11-18(20(15)25-12-24-13)29-9-5-4-8-19(27)26-16-6-2-3-7-17(16)30-21(23)28/h2-3,6-7,10-12H,4-5,8-9H2,1H3,(H2,23,28)(H,26,27). The SMILES string of the molecule is Cc1ncnc2c(OCCCCC(=O)Nc3ccccc3OC(N)=O)cc(Br)cc12. The predicted molar refractivity (Wildman–Crippen MR) is 117 cm³/mol. The van der Waals surface area contributed by atoms with Crippen LogP contribution in [0.25, 0.3) is 10.9 Å². The lowest BCUT2D eigenvalue weighted by Crippen LogP contribution is -2.18. The Hall–Kier alpha value is -3.20. The molecule has 0 aliphatic heterocycles. The summed E-state index contributed by atoms with van der Waals surface area (Å²) in [6.07, 6.45) is 2.20. The van der Waals surface area contributed by atoms with Gasteiger partial charge in [-0.25, -0.2) is 14.8 Å². The molecule has 0 spiro atoms. The van der Waals surface area contributed by atoms with Gasteiger partial charge in [0.2, 0.25) is 5.91 Å². The molecule has 8 nitrogen and oxygen atoms in total. The monoisotopic (exact) mass is 472 g/mol. The first-order valence-electron chi connectivity index (χ1n) is 9.34. The van der Waals surface area contributed by atoms with Gasteiger partial charge in [-0.3, -0.25) is 4.79 Å². The lowest BCUT2D eigenvalue weighted by atomic mass is 10.2. The average Bonchev–Trinajstić information content (AvgIpc) is 2.69. The lowest BCUT2D eigenvalue weighted by molar-refractivity contribution is -0.116. The Labute approximate surface area is 181 Å². The molecule has 0 unspecified atom stereocenters. The van der Waals surface area contributed by atoms with E-state index in [4.69, 9.17) is 15.2 Å². The summed E-state index contributed by atoms with van der Waals surface area (Å²) in [7, 11) is 0. The molecule has 0 atom stereocenters. The van der Waals surface area contributed by atoms with E-state index in [0.717, 1.165) is 21.1 Å². The van der Waals surface area contributed by atoms with Crippen LogP contribution < -0.4 is 20.5 Å². The van der Waals surface area contributed by atoms with Crippen LogP contribution in [0.5, 0.6) is 11.5 Å². The van der Waals surface area contributed by atoms with Crippen molar-refractivity contribution in [3.8, 4) is 11.5 Å². The molecule has 30 heavy (non-hydrogen) atoms. The van der Waals surface area contributed by atoms with Gasteiger partial charge in [-0.05, 0) is 44.0 Å². The molecule has 0 saturated heterocycles. The molecular formula is C21H21BrN4O4. The van der Waals surface area contributed by atoms with Gasteiger partial charge in [0.05, 0.1) is 12.3 Å². The van der Waals surface area contributed by atoms with E-state index < -0.39 is 6.09 Å². The summed E-state index contributed by atoms with van der Waals surface area (Å²) in [4.78, 5) is 31.7. The summed E-state index contributed by atoms with van der Waals surface area (Å²) >= 11 is 3.48. The van der Waals surface area contributed by atoms with E-state index in [9.17, 15) is 9.59 Å².